The van der Waals surface area contributed by atoms with Crippen molar-refractivity contribution < 1.29 is 23.8 Å². The third kappa shape index (κ3) is 5.88. The first-order chi connectivity index (χ1) is 13.9. The molecule has 29 heavy (non-hydrogen) atoms. The lowest BCUT2D eigenvalue weighted by Crippen LogP contribution is -2.41. The van der Waals surface area contributed by atoms with Gasteiger partial charge in [-0.05, 0) is 42.5 Å². The van der Waals surface area contributed by atoms with Crippen LogP contribution in [0.25, 0.3) is 6.08 Å². The third-order valence-corrected chi connectivity index (χ3v) is 4.95. The van der Waals surface area contributed by atoms with E-state index in [-0.39, 0.29) is 35.5 Å². The van der Waals surface area contributed by atoms with Gasteiger partial charge < -0.3 is 25.3 Å². The van der Waals surface area contributed by atoms with Crippen molar-refractivity contribution in [2.24, 2.45) is 11.7 Å². The molecule has 1 fully saturated rings. The number of nitrogens with one attached hydrogen (secondary N) is 1. The second-order valence-electron chi connectivity index (χ2n) is 7.02. The second-order valence-corrected chi connectivity index (χ2v) is 7.02. The Labute approximate surface area is 170 Å². The molecule has 0 aromatic heterocycles. The molecule has 0 radical (unpaired) electrons. The highest BCUT2D eigenvalue weighted by atomic mass is 16.5. The van der Waals surface area contributed by atoms with E-state index in [2.05, 4.69) is 12.2 Å². The van der Waals surface area contributed by atoms with Gasteiger partial charge in [-0.3, -0.25) is 9.59 Å². The van der Waals surface area contributed by atoms with E-state index >= 15 is 0 Å². The molecule has 1 aromatic rings. The summed E-state index contributed by atoms with van der Waals surface area (Å²) in [6, 6.07) is 5.21. The van der Waals surface area contributed by atoms with E-state index in [9.17, 15) is 14.9 Å². The summed E-state index contributed by atoms with van der Waals surface area (Å²) in [4.78, 5) is 23.6. The summed E-state index contributed by atoms with van der Waals surface area (Å²) < 4.78 is 16.0. The summed E-state index contributed by atoms with van der Waals surface area (Å²) in [5, 5.41) is 12.5. The minimum absolute atomic E-state index is 0.0160. The molecule has 0 heterocycles. The van der Waals surface area contributed by atoms with Crippen LogP contribution >= 0.6 is 0 Å². The van der Waals surface area contributed by atoms with Crippen molar-refractivity contribution in [3.63, 3.8) is 0 Å². The fourth-order valence-electron chi connectivity index (χ4n) is 3.36. The monoisotopic (exact) mass is 401 g/mol. The lowest BCUT2D eigenvalue weighted by Gasteiger charge is -2.29. The van der Waals surface area contributed by atoms with E-state index in [1.807, 2.05) is 6.07 Å². The molecule has 8 heteroatoms. The maximum Gasteiger partial charge on any atom is 0.262 e. The van der Waals surface area contributed by atoms with E-state index < -0.39 is 11.8 Å². The van der Waals surface area contributed by atoms with Crippen LogP contribution in [0, 0.1) is 17.2 Å². The molecule has 2 atom stereocenters. The lowest BCUT2D eigenvalue weighted by atomic mass is 9.86. The highest BCUT2D eigenvalue weighted by molar-refractivity contribution is 6.02. The van der Waals surface area contributed by atoms with E-state index in [0.29, 0.717) is 11.5 Å². The molecule has 8 nitrogen and oxygen atoms in total. The molecule has 0 aliphatic heterocycles. The molecule has 0 bridgehead atoms. The number of nitrogens with zero attached hydrogens (tertiary/aromatic N) is 1. The number of hydrogen-bond acceptors (Lipinski definition) is 6. The van der Waals surface area contributed by atoms with Crippen molar-refractivity contribution in [1.29, 1.82) is 5.26 Å². The van der Waals surface area contributed by atoms with Crippen LogP contribution in [0.1, 0.15) is 38.2 Å². The SMILES string of the molecule is COc1cc(/C=C(\C#N)C(=O)N[C@H]2CCCC[C@H]2C)cc(OC)c1OCC(N)=O. The molecular formula is C21H27N3O5. The van der Waals surface area contributed by atoms with Gasteiger partial charge in [-0.2, -0.15) is 5.26 Å². The van der Waals surface area contributed by atoms with Crippen LogP contribution in [0.2, 0.25) is 0 Å². The zero-order chi connectivity index (χ0) is 21.4. The molecule has 2 amide bonds. The Kier molecular flexibility index (Phi) is 7.89. The molecule has 1 aliphatic rings. The molecule has 0 saturated heterocycles. The van der Waals surface area contributed by atoms with Crippen LogP contribution < -0.4 is 25.3 Å². The van der Waals surface area contributed by atoms with Crippen molar-refractivity contribution in [3.05, 3.63) is 23.3 Å². The van der Waals surface area contributed by atoms with Crippen LogP contribution in [0.3, 0.4) is 0 Å². The first kappa shape index (κ1) is 22.1. The first-order valence-corrected chi connectivity index (χ1v) is 9.49. The molecule has 1 aromatic carbocycles. The summed E-state index contributed by atoms with van der Waals surface area (Å²) in [5.41, 5.74) is 5.63. The van der Waals surface area contributed by atoms with Crippen molar-refractivity contribution in [1.82, 2.24) is 5.32 Å². The zero-order valence-corrected chi connectivity index (χ0v) is 17.0. The summed E-state index contributed by atoms with van der Waals surface area (Å²) >= 11 is 0. The van der Waals surface area contributed by atoms with E-state index in [1.165, 1.54) is 20.3 Å². The van der Waals surface area contributed by atoms with Crippen LogP contribution in [0.15, 0.2) is 17.7 Å². The van der Waals surface area contributed by atoms with E-state index in [0.717, 1.165) is 25.7 Å². The predicted octanol–water partition coefficient (Wildman–Crippen LogP) is 2.17. The molecule has 1 aliphatic carbocycles. The Morgan fingerprint density at radius 1 is 1.24 bits per heavy atom. The Balaban J connectivity index is 2.28. The van der Waals surface area contributed by atoms with Crippen LogP contribution in [0.5, 0.6) is 17.2 Å². The van der Waals surface area contributed by atoms with Gasteiger partial charge >= 0.3 is 0 Å². The summed E-state index contributed by atoms with van der Waals surface area (Å²) in [7, 11) is 2.86. The van der Waals surface area contributed by atoms with Gasteiger partial charge in [-0.25, -0.2) is 0 Å². The first-order valence-electron chi connectivity index (χ1n) is 9.49. The van der Waals surface area contributed by atoms with Gasteiger partial charge in [-0.1, -0.05) is 19.8 Å². The highest BCUT2D eigenvalue weighted by Gasteiger charge is 2.24. The topological polar surface area (TPSA) is 124 Å². The van der Waals surface area contributed by atoms with Crippen molar-refractivity contribution in [2.45, 2.75) is 38.6 Å². The number of nitrogens with two attached hydrogens (primary N) is 1. The Bertz CT molecular complexity index is 803. The predicted molar refractivity (Wildman–Crippen MR) is 107 cm³/mol. The number of hydrogen-bond donors (Lipinski definition) is 2. The standard InChI is InChI=1S/C21H27N3O5/c1-13-6-4-5-7-16(13)24-21(26)15(11-22)8-14-9-17(27-2)20(18(10-14)28-3)29-12-19(23)25/h8-10,13,16H,4-7,12H2,1-3H3,(H2,23,25)(H,24,26)/b15-8+/t13-,16+/m1/s1. The molecule has 0 unspecified atom stereocenters. The van der Waals surface area contributed by atoms with Crippen LogP contribution in [-0.4, -0.2) is 38.7 Å². The number of carbonyl (C=O) groups excluding carboxylic acids is 2. The van der Waals surface area contributed by atoms with Gasteiger partial charge in [0.25, 0.3) is 11.8 Å². The Morgan fingerprint density at radius 3 is 2.38 bits per heavy atom. The fraction of sp³-hybridized carbons (Fsp3) is 0.476. The average Bonchev–Trinajstić information content (AvgIpc) is 2.71. The Morgan fingerprint density at radius 2 is 1.86 bits per heavy atom. The molecular weight excluding hydrogens is 374 g/mol. The maximum atomic E-state index is 12.6. The van der Waals surface area contributed by atoms with Gasteiger partial charge in [0.1, 0.15) is 11.6 Å². The van der Waals surface area contributed by atoms with Crippen molar-refractivity contribution >= 4 is 17.9 Å². The summed E-state index contributed by atoms with van der Waals surface area (Å²) in [6.07, 6.45) is 5.68. The van der Waals surface area contributed by atoms with Crippen LogP contribution in [0.4, 0.5) is 0 Å². The number of benzene rings is 1. The molecule has 156 valence electrons. The van der Waals surface area contributed by atoms with Gasteiger partial charge in [0.2, 0.25) is 5.75 Å². The van der Waals surface area contributed by atoms with Crippen LogP contribution in [-0.2, 0) is 9.59 Å². The summed E-state index contributed by atoms with van der Waals surface area (Å²) in [5.74, 6) is 0.127. The maximum absolute atomic E-state index is 12.6. The summed E-state index contributed by atoms with van der Waals surface area (Å²) in [6.45, 7) is 1.77. The highest BCUT2D eigenvalue weighted by Crippen LogP contribution is 2.39. The number of methoxy groups -OCH3 is 2. The van der Waals surface area contributed by atoms with Crippen molar-refractivity contribution in [2.75, 3.05) is 20.8 Å². The minimum Gasteiger partial charge on any atom is -0.493 e. The number of amides is 2. The zero-order valence-electron chi connectivity index (χ0n) is 17.0. The van der Waals surface area contributed by atoms with Gasteiger partial charge in [0.15, 0.2) is 18.1 Å². The molecule has 2 rings (SSSR count). The quantitative estimate of drug-likeness (QED) is 0.508. The largest absolute Gasteiger partial charge is 0.493 e. The second kappa shape index (κ2) is 10.4. The minimum atomic E-state index is -0.640. The third-order valence-electron chi connectivity index (χ3n) is 4.95. The van der Waals surface area contributed by atoms with Gasteiger partial charge in [0.05, 0.1) is 14.2 Å². The number of ether oxygens (including phenoxy) is 3. The number of primary amides is 1. The Hall–Kier alpha value is -3.21. The number of carbonyl (C=O) groups is 2. The van der Waals surface area contributed by atoms with E-state index in [1.54, 1.807) is 12.1 Å². The van der Waals surface area contributed by atoms with E-state index in [4.69, 9.17) is 19.9 Å². The fourth-order valence-corrected chi connectivity index (χ4v) is 3.36. The van der Waals surface area contributed by atoms with Gasteiger partial charge in [-0.15, -0.1) is 0 Å². The molecule has 3 N–H and O–H groups in total. The molecule has 0 spiro atoms. The molecule has 1 saturated carbocycles. The lowest BCUT2D eigenvalue weighted by molar-refractivity contribution is -0.120. The van der Waals surface area contributed by atoms with Crippen molar-refractivity contribution in [3.8, 4) is 23.3 Å². The van der Waals surface area contributed by atoms with Gasteiger partial charge in [0, 0.05) is 6.04 Å². The number of nitriles is 1. The number of rotatable bonds is 8. The normalized spacial score (nSPS) is 19.0. The average molecular weight is 401 g/mol. The smallest absolute Gasteiger partial charge is 0.262 e.